The molecule has 3 saturated heterocycles. The van der Waals surface area contributed by atoms with E-state index in [1.54, 1.807) is 13.8 Å². The standard InChI is InChI=1S/C34H65N3O18/c1-5-34(4,50-11-10-48-9-8-37-21(41)12-36-7-6-35)31-29(25(45)22(42)18(13-38)51-31)54-33-30(26(46)23(43)19(14-39)53-33)55-32-27(47)28(49-16-17(2)3)24(44)20(15-40)52-32/h17-20,22-33,36,38-40,42-47H,5-16,35H2,1-4H3,(H,37,41)/t18?,19?,20?,22-,23-,24-,25?,26?,27?,28?,29?,30?,31+,32+,33-,34?/m1/s1. The summed E-state index contributed by atoms with van der Waals surface area (Å²) < 4.78 is 47.3. The zero-order chi connectivity index (χ0) is 40.9. The van der Waals surface area contributed by atoms with E-state index in [9.17, 15) is 50.8 Å². The summed E-state index contributed by atoms with van der Waals surface area (Å²) in [5.74, 6) is -0.216. The Morgan fingerprint density at radius 2 is 1.33 bits per heavy atom. The lowest BCUT2D eigenvalue weighted by Crippen LogP contribution is -2.69. The van der Waals surface area contributed by atoms with Gasteiger partial charge < -0.3 is 100 Å². The second-order valence-electron chi connectivity index (χ2n) is 14.5. The fraction of sp³-hybridized carbons (Fsp3) is 0.971. The molecule has 0 radical (unpaired) electrons. The number of hydrogen-bond acceptors (Lipinski definition) is 20. The van der Waals surface area contributed by atoms with E-state index in [0.29, 0.717) is 13.1 Å². The molecule has 324 valence electrons. The van der Waals surface area contributed by atoms with Crippen LogP contribution in [0.15, 0.2) is 0 Å². The van der Waals surface area contributed by atoms with Gasteiger partial charge in [-0.3, -0.25) is 4.79 Å². The van der Waals surface area contributed by atoms with Crippen molar-refractivity contribution in [3.63, 3.8) is 0 Å². The van der Waals surface area contributed by atoms with Gasteiger partial charge in [-0.15, -0.1) is 0 Å². The summed E-state index contributed by atoms with van der Waals surface area (Å²) in [6.45, 7) is 6.60. The van der Waals surface area contributed by atoms with Gasteiger partial charge in [0.2, 0.25) is 5.91 Å². The van der Waals surface area contributed by atoms with Gasteiger partial charge >= 0.3 is 0 Å². The minimum Gasteiger partial charge on any atom is -0.394 e. The Balaban J connectivity index is 1.80. The van der Waals surface area contributed by atoms with Gasteiger partial charge in [0.15, 0.2) is 12.6 Å². The van der Waals surface area contributed by atoms with Crippen LogP contribution in [0.5, 0.6) is 0 Å². The second kappa shape index (κ2) is 23.3. The maximum Gasteiger partial charge on any atom is 0.234 e. The summed E-state index contributed by atoms with van der Waals surface area (Å²) in [4.78, 5) is 11.9. The molecular formula is C34H65N3O18. The number of carbonyl (C=O) groups is 1. The fourth-order valence-electron chi connectivity index (χ4n) is 6.47. The minimum atomic E-state index is -1.87. The van der Waals surface area contributed by atoms with Gasteiger partial charge in [-0.25, -0.2) is 0 Å². The predicted octanol–water partition coefficient (Wildman–Crippen LogP) is -5.98. The summed E-state index contributed by atoms with van der Waals surface area (Å²) >= 11 is 0. The first-order chi connectivity index (χ1) is 26.2. The van der Waals surface area contributed by atoms with E-state index < -0.39 is 117 Å². The molecule has 55 heavy (non-hydrogen) atoms. The summed E-state index contributed by atoms with van der Waals surface area (Å²) in [6, 6.07) is 0. The highest BCUT2D eigenvalue weighted by atomic mass is 16.8. The number of amides is 1. The highest BCUT2D eigenvalue weighted by Crippen LogP contribution is 2.38. The van der Waals surface area contributed by atoms with Crippen LogP contribution in [-0.4, -0.2) is 222 Å². The van der Waals surface area contributed by atoms with E-state index in [-0.39, 0.29) is 57.8 Å². The van der Waals surface area contributed by atoms with Gasteiger partial charge in [-0.2, -0.15) is 0 Å². The highest BCUT2D eigenvalue weighted by Gasteiger charge is 2.57. The third kappa shape index (κ3) is 12.8. The van der Waals surface area contributed by atoms with E-state index >= 15 is 0 Å². The Morgan fingerprint density at radius 1 is 0.745 bits per heavy atom. The number of aliphatic hydroxyl groups excluding tert-OH is 9. The number of carbonyl (C=O) groups excluding carboxylic acids is 1. The van der Waals surface area contributed by atoms with Crippen molar-refractivity contribution in [2.24, 2.45) is 11.7 Å². The molecule has 0 saturated carbocycles. The fourth-order valence-corrected chi connectivity index (χ4v) is 6.47. The van der Waals surface area contributed by atoms with Gasteiger partial charge in [0.25, 0.3) is 0 Å². The molecule has 3 fully saturated rings. The second-order valence-corrected chi connectivity index (χ2v) is 14.5. The summed E-state index contributed by atoms with van der Waals surface area (Å²) in [5.41, 5.74) is 4.11. The molecule has 13 N–H and O–H groups in total. The molecule has 21 nitrogen and oxygen atoms in total. The van der Waals surface area contributed by atoms with E-state index in [4.69, 9.17) is 43.6 Å². The minimum absolute atomic E-state index is 0.00296. The van der Waals surface area contributed by atoms with Gasteiger partial charge in [0.05, 0.1) is 51.8 Å². The van der Waals surface area contributed by atoms with Crippen LogP contribution in [0.25, 0.3) is 0 Å². The van der Waals surface area contributed by atoms with Crippen LogP contribution in [0.2, 0.25) is 0 Å². The van der Waals surface area contributed by atoms with Crippen molar-refractivity contribution in [1.82, 2.24) is 10.6 Å². The predicted molar refractivity (Wildman–Crippen MR) is 188 cm³/mol. The number of aliphatic hydroxyl groups is 9. The first-order valence-corrected chi connectivity index (χ1v) is 18.9. The Bertz CT molecular complexity index is 1100. The lowest BCUT2D eigenvalue weighted by molar-refractivity contribution is -0.388. The first-order valence-electron chi connectivity index (χ1n) is 18.9. The SMILES string of the molecule is CCC(C)(OCCOCCNC(=O)CNCCN)[C@H]1OC(CO)[C@@H](O)C(O)C1O[C@H]1OC(CO)[C@@H](O)C(O)C1O[C@@H]1OC(CO)[C@@H](O)C(OCC(C)C)C1O. The van der Waals surface area contributed by atoms with Crippen molar-refractivity contribution in [1.29, 1.82) is 0 Å². The van der Waals surface area contributed by atoms with Crippen molar-refractivity contribution in [2.45, 2.75) is 132 Å². The zero-order valence-electron chi connectivity index (χ0n) is 32.0. The molecule has 1 amide bonds. The van der Waals surface area contributed by atoms with E-state index in [1.165, 1.54) is 0 Å². The van der Waals surface area contributed by atoms with E-state index in [2.05, 4.69) is 10.6 Å². The van der Waals surface area contributed by atoms with Gasteiger partial charge in [-0.1, -0.05) is 20.8 Å². The molecule has 16 atom stereocenters. The number of nitrogens with one attached hydrogen (secondary N) is 2. The molecule has 3 rings (SSSR count). The van der Waals surface area contributed by atoms with Crippen molar-refractivity contribution in [2.75, 3.05) is 72.4 Å². The summed E-state index contributed by atoms with van der Waals surface area (Å²) in [5, 5.41) is 102. The molecule has 0 bridgehead atoms. The Morgan fingerprint density at radius 3 is 1.93 bits per heavy atom. The molecule has 0 aromatic heterocycles. The molecule has 0 spiro atoms. The topological polar surface area (TPSA) is 323 Å². The molecule has 21 heteroatoms. The molecule has 3 aliphatic heterocycles. The quantitative estimate of drug-likeness (QED) is 0.0428. The monoisotopic (exact) mass is 803 g/mol. The Hall–Kier alpha value is -1.29. The third-order valence-electron chi connectivity index (χ3n) is 9.86. The first kappa shape index (κ1) is 48.1. The van der Waals surface area contributed by atoms with Crippen LogP contribution in [0.1, 0.15) is 34.1 Å². The van der Waals surface area contributed by atoms with Crippen LogP contribution in [0.4, 0.5) is 0 Å². The molecule has 3 heterocycles. The number of ether oxygens (including phenoxy) is 8. The third-order valence-corrected chi connectivity index (χ3v) is 9.86. The van der Waals surface area contributed by atoms with E-state index in [1.807, 2.05) is 13.8 Å². The van der Waals surface area contributed by atoms with Crippen molar-refractivity contribution < 1.29 is 88.6 Å². The van der Waals surface area contributed by atoms with Crippen LogP contribution >= 0.6 is 0 Å². The van der Waals surface area contributed by atoms with Crippen molar-refractivity contribution in [3.8, 4) is 0 Å². The van der Waals surface area contributed by atoms with Crippen molar-refractivity contribution in [3.05, 3.63) is 0 Å². The Kier molecular flexibility index (Phi) is 20.4. The van der Waals surface area contributed by atoms with Crippen LogP contribution in [0.3, 0.4) is 0 Å². The van der Waals surface area contributed by atoms with Gasteiger partial charge in [0, 0.05) is 26.2 Å². The average Bonchev–Trinajstić information content (AvgIpc) is 3.16. The Labute approximate surface area is 320 Å². The lowest BCUT2D eigenvalue weighted by atomic mass is 9.84. The molecular weight excluding hydrogens is 738 g/mol. The molecule has 3 aliphatic rings. The van der Waals surface area contributed by atoms with Crippen LogP contribution in [-0.2, 0) is 42.7 Å². The average molecular weight is 804 g/mol. The van der Waals surface area contributed by atoms with Gasteiger partial charge in [-0.05, 0) is 19.3 Å². The zero-order valence-corrected chi connectivity index (χ0v) is 32.0. The van der Waals surface area contributed by atoms with E-state index in [0.717, 1.165) is 0 Å². The van der Waals surface area contributed by atoms with Crippen molar-refractivity contribution >= 4 is 5.91 Å². The highest BCUT2D eigenvalue weighted by molar-refractivity contribution is 5.77. The normalized spacial score (nSPS) is 38.2. The smallest absolute Gasteiger partial charge is 0.234 e. The van der Waals surface area contributed by atoms with Crippen LogP contribution in [0, 0.1) is 5.92 Å². The largest absolute Gasteiger partial charge is 0.394 e. The molecule has 10 unspecified atom stereocenters. The van der Waals surface area contributed by atoms with Gasteiger partial charge in [0.1, 0.15) is 79.4 Å². The number of hydrogen-bond donors (Lipinski definition) is 12. The van der Waals surface area contributed by atoms with Crippen LogP contribution < -0.4 is 16.4 Å². The lowest BCUT2D eigenvalue weighted by Gasteiger charge is -2.51. The summed E-state index contributed by atoms with van der Waals surface area (Å²) in [7, 11) is 0. The number of nitrogens with two attached hydrogens (primary N) is 1. The molecule has 0 aliphatic carbocycles. The number of rotatable bonds is 23. The molecule has 0 aromatic rings. The maximum absolute atomic E-state index is 11.9. The summed E-state index contributed by atoms with van der Waals surface area (Å²) in [6.07, 6.45) is -23.2. The maximum atomic E-state index is 11.9. The molecule has 0 aromatic carbocycles.